The number of aromatic nitrogens is 3. The number of fused-ring (bicyclic) bond motifs is 1. The van der Waals surface area contributed by atoms with Crippen LogP contribution < -0.4 is 5.32 Å². The lowest BCUT2D eigenvalue weighted by molar-refractivity contribution is -0.141. The number of carbonyl (C=O) groups excluding carboxylic acids is 1. The van der Waals surface area contributed by atoms with Gasteiger partial charge in [-0.25, -0.2) is 9.78 Å². The molecule has 1 aliphatic carbocycles. The van der Waals surface area contributed by atoms with Crippen molar-refractivity contribution < 1.29 is 22.2 Å². The third-order valence-corrected chi connectivity index (χ3v) is 4.91. The summed E-state index contributed by atoms with van der Waals surface area (Å²) >= 11 is 0. The Bertz CT molecular complexity index is 961. The highest BCUT2D eigenvalue weighted by atomic mass is 32.2. The van der Waals surface area contributed by atoms with Crippen LogP contribution in [0.4, 0.5) is 23.7 Å². The van der Waals surface area contributed by atoms with Crippen molar-refractivity contribution in [3.05, 3.63) is 34.8 Å². The molecule has 2 aromatic rings. The van der Waals surface area contributed by atoms with Crippen LogP contribution in [0.5, 0.6) is 0 Å². The van der Waals surface area contributed by atoms with Crippen molar-refractivity contribution in [3.63, 3.8) is 0 Å². The van der Waals surface area contributed by atoms with Gasteiger partial charge in [-0.15, -0.1) is 10.6 Å². The number of aryl methyl sites for hydroxylation is 2. The van der Waals surface area contributed by atoms with Crippen molar-refractivity contribution in [1.82, 2.24) is 14.8 Å². The molecule has 0 saturated heterocycles. The standard InChI is InChI=1S/C15H15F3N5O2S/c1-8-12(9-4-3-5-10(9)19-13(8)15(16,17)18)20-14(24)22-26(25)11-6-7-23(2)21-11/h6-7H,3-5H2,1-2H3,(H,19,20,24)/q-1. The molecule has 0 spiro atoms. The van der Waals surface area contributed by atoms with E-state index in [1.807, 2.05) is 0 Å². The van der Waals surface area contributed by atoms with Crippen LogP contribution in [0.2, 0.25) is 0 Å². The summed E-state index contributed by atoms with van der Waals surface area (Å²) in [5.41, 5.74) is -0.261. The minimum atomic E-state index is -4.63. The molecule has 1 N–H and O–H groups in total. The van der Waals surface area contributed by atoms with Crippen molar-refractivity contribution in [2.24, 2.45) is 11.4 Å². The molecule has 0 unspecified atom stereocenters. The van der Waals surface area contributed by atoms with Crippen molar-refractivity contribution in [1.29, 1.82) is 0 Å². The second kappa shape index (κ2) is 6.71. The summed E-state index contributed by atoms with van der Waals surface area (Å²) in [7, 11) is -0.436. The first kappa shape index (κ1) is 18.4. The summed E-state index contributed by atoms with van der Waals surface area (Å²) in [6.45, 7) is 1.25. The number of amides is 2. The van der Waals surface area contributed by atoms with Crippen LogP contribution in [0.15, 0.2) is 21.7 Å². The molecule has 0 atom stereocenters. The Balaban J connectivity index is 1.96. The van der Waals surface area contributed by atoms with E-state index in [1.54, 1.807) is 7.05 Å². The molecule has 7 nitrogen and oxygen atoms in total. The van der Waals surface area contributed by atoms with Crippen LogP contribution in [0.1, 0.15) is 28.9 Å². The molecule has 0 saturated carbocycles. The van der Waals surface area contributed by atoms with Gasteiger partial charge in [0.25, 0.3) is 0 Å². The maximum atomic E-state index is 13.2. The number of halogens is 3. The molecule has 11 heteroatoms. The molecule has 0 aliphatic heterocycles. The molecular weight excluding hydrogens is 371 g/mol. The summed E-state index contributed by atoms with van der Waals surface area (Å²) in [4.78, 5) is 15.8. The summed E-state index contributed by atoms with van der Waals surface area (Å²) in [6, 6.07) is 0.440. The van der Waals surface area contributed by atoms with E-state index >= 15 is 0 Å². The normalized spacial score (nSPS) is 15.1. The summed E-state index contributed by atoms with van der Waals surface area (Å²) in [5, 5.41) is 6.31. The molecule has 0 radical (unpaired) electrons. The minimum absolute atomic E-state index is 0.0478. The fourth-order valence-corrected chi connectivity index (χ4v) is 3.53. The van der Waals surface area contributed by atoms with Gasteiger partial charge in [0.05, 0.1) is 5.69 Å². The van der Waals surface area contributed by atoms with E-state index in [0.717, 1.165) is 0 Å². The topological polar surface area (TPSA) is 89.2 Å². The average molecular weight is 386 g/mol. The van der Waals surface area contributed by atoms with Gasteiger partial charge in [0.15, 0.2) is 0 Å². The Morgan fingerprint density at radius 2 is 2.12 bits per heavy atom. The van der Waals surface area contributed by atoms with E-state index in [0.29, 0.717) is 30.5 Å². The fourth-order valence-electron chi connectivity index (χ4n) is 2.87. The van der Waals surface area contributed by atoms with Crippen molar-refractivity contribution in [2.45, 2.75) is 37.4 Å². The average Bonchev–Trinajstić information content (AvgIpc) is 3.17. The molecule has 2 heterocycles. The predicted octanol–water partition coefficient (Wildman–Crippen LogP) is 3.37. The van der Waals surface area contributed by atoms with Crippen LogP contribution in [-0.2, 0) is 40.9 Å². The first-order valence-corrected chi connectivity index (χ1v) is 8.81. The highest BCUT2D eigenvalue weighted by molar-refractivity contribution is 7.75. The van der Waals surface area contributed by atoms with Gasteiger partial charge in [-0.3, -0.25) is 4.68 Å². The zero-order valence-electron chi connectivity index (χ0n) is 13.9. The SMILES string of the molecule is Cc1c(C(F)(F)F)nc2c(c1NC(=O)N=[S-](=O)c1ccn(C)n1)CCC2. The number of carbonyl (C=O) groups is 1. The third-order valence-electron chi connectivity index (χ3n) is 4.00. The van der Waals surface area contributed by atoms with Gasteiger partial charge in [0.2, 0.25) is 0 Å². The van der Waals surface area contributed by atoms with Crippen LogP contribution in [0, 0.1) is 6.92 Å². The van der Waals surface area contributed by atoms with Gasteiger partial charge in [-0.2, -0.15) is 18.3 Å². The fraction of sp³-hybridized carbons (Fsp3) is 0.400. The van der Waals surface area contributed by atoms with E-state index in [1.165, 1.54) is 23.9 Å². The van der Waals surface area contributed by atoms with E-state index in [4.69, 9.17) is 0 Å². The Morgan fingerprint density at radius 1 is 1.38 bits per heavy atom. The van der Waals surface area contributed by atoms with Crippen molar-refractivity contribution in [3.8, 4) is 0 Å². The molecular formula is C15H15F3N5O2S-. The van der Waals surface area contributed by atoms with E-state index in [9.17, 15) is 22.2 Å². The molecule has 26 heavy (non-hydrogen) atoms. The Hall–Kier alpha value is -2.43. The minimum Gasteiger partial charge on any atom is -0.438 e. The lowest BCUT2D eigenvalue weighted by Gasteiger charge is -2.17. The van der Waals surface area contributed by atoms with E-state index < -0.39 is 28.5 Å². The molecule has 140 valence electrons. The number of nitrogens with one attached hydrogen (secondary N) is 1. The maximum Gasteiger partial charge on any atom is 0.433 e. The van der Waals surface area contributed by atoms with Crippen molar-refractivity contribution in [2.75, 3.05) is 5.32 Å². The largest absolute Gasteiger partial charge is 0.438 e. The second-order valence-electron chi connectivity index (χ2n) is 5.84. The van der Waals surface area contributed by atoms with Gasteiger partial charge in [-0.1, -0.05) is 0 Å². The number of alkyl halides is 3. The Labute approximate surface area is 148 Å². The van der Waals surface area contributed by atoms with Crippen LogP contribution in [0.25, 0.3) is 0 Å². The molecule has 2 aromatic heterocycles. The molecule has 1 aliphatic rings. The Morgan fingerprint density at radius 3 is 2.73 bits per heavy atom. The zero-order valence-corrected chi connectivity index (χ0v) is 14.7. The molecule has 0 fully saturated rings. The number of hydrogen-bond donors (Lipinski definition) is 1. The molecule has 2 amide bonds. The lowest BCUT2D eigenvalue weighted by Crippen LogP contribution is -2.17. The van der Waals surface area contributed by atoms with Crippen molar-refractivity contribution >= 4 is 22.3 Å². The van der Waals surface area contributed by atoms with E-state index in [2.05, 4.69) is 19.8 Å². The lowest BCUT2D eigenvalue weighted by atomic mass is 10.1. The van der Waals surface area contributed by atoms with Crippen LogP contribution in [0.3, 0.4) is 0 Å². The monoisotopic (exact) mass is 386 g/mol. The van der Waals surface area contributed by atoms with Gasteiger partial charge in [-0.05, 0) is 37.8 Å². The first-order valence-electron chi connectivity index (χ1n) is 7.70. The third kappa shape index (κ3) is 3.57. The van der Waals surface area contributed by atoms with Gasteiger partial charge in [0.1, 0.15) is 5.69 Å². The van der Waals surface area contributed by atoms with E-state index in [-0.39, 0.29) is 16.3 Å². The molecule has 0 bridgehead atoms. The zero-order chi connectivity index (χ0) is 19.1. The van der Waals surface area contributed by atoms with Gasteiger partial charge >= 0.3 is 12.2 Å². The number of pyridine rings is 1. The summed E-state index contributed by atoms with van der Waals surface area (Å²) in [5.74, 6) is 0. The number of nitrogens with zero attached hydrogens (tertiary/aromatic N) is 4. The highest BCUT2D eigenvalue weighted by Crippen LogP contribution is 2.38. The number of rotatable bonds is 2. The van der Waals surface area contributed by atoms with Crippen LogP contribution >= 0.6 is 0 Å². The maximum absolute atomic E-state index is 13.2. The first-order chi connectivity index (χ1) is 12.2. The highest BCUT2D eigenvalue weighted by Gasteiger charge is 2.37. The number of hydrogen-bond acceptors (Lipinski definition) is 5. The molecule has 0 aromatic carbocycles. The van der Waals surface area contributed by atoms with Gasteiger partial charge < -0.3 is 13.9 Å². The predicted molar refractivity (Wildman–Crippen MR) is 87.0 cm³/mol. The smallest absolute Gasteiger partial charge is 0.433 e. The summed E-state index contributed by atoms with van der Waals surface area (Å²) < 4.78 is 56.5. The summed E-state index contributed by atoms with van der Waals surface area (Å²) in [6.07, 6.45) is -1.51. The van der Waals surface area contributed by atoms with Crippen LogP contribution in [-0.4, -0.2) is 20.8 Å². The second-order valence-corrected chi connectivity index (χ2v) is 6.93. The number of urea groups is 1. The number of anilines is 1. The van der Waals surface area contributed by atoms with Gasteiger partial charge in [0, 0.05) is 29.5 Å². The Kier molecular flexibility index (Phi) is 4.74. The molecule has 3 rings (SSSR count). The quantitative estimate of drug-likeness (QED) is 0.802.